The summed E-state index contributed by atoms with van der Waals surface area (Å²) in [7, 11) is 0. The van der Waals surface area contributed by atoms with Gasteiger partial charge >= 0.3 is 6.18 Å². The van der Waals surface area contributed by atoms with E-state index < -0.39 is 17.7 Å². The van der Waals surface area contributed by atoms with Crippen LogP contribution in [-0.2, 0) is 0 Å². The highest BCUT2D eigenvalue weighted by Crippen LogP contribution is 2.50. The van der Waals surface area contributed by atoms with Crippen LogP contribution in [0.3, 0.4) is 0 Å². The molecular weight excluding hydrogens is 347 g/mol. The predicted octanol–water partition coefficient (Wildman–Crippen LogP) is 4.72. The molecule has 0 amide bonds. The molecule has 116 valence electrons. The summed E-state index contributed by atoms with van der Waals surface area (Å²) in [6, 6.07) is 5.22. The number of halogens is 4. The van der Waals surface area contributed by atoms with E-state index in [2.05, 4.69) is 15.9 Å². The van der Waals surface area contributed by atoms with E-state index >= 15 is 0 Å². The van der Waals surface area contributed by atoms with Crippen molar-refractivity contribution in [3.05, 3.63) is 28.2 Å². The molecule has 1 spiro atoms. The first kappa shape index (κ1) is 15.2. The first-order valence-corrected chi connectivity index (χ1v) is 7.89. The zero-order valence-corrected chi connectivity index (χ0v) is 13.0. The van der Waals surface area contributed by atoms with Gasteiger partial charge in [0.15, 0.2) is 0 Å². The second kappa shape index (κ2) is 5.16. The summed E-state index contributed by atoms with van der Waals surface area (Å²) in [4.78, 5) is 0. The standard InChI is InChI=1S/C15H17BrF3NO/c16-10-3-4-13-11(6-10)12(20)8-14(21-13)5-1-2-9(7-14)15(17,18)19/h3-4,6,9,12H,1-2,5,7-8,20H2/t9?,12-,14?/m0/s1. The zero-order chi connectivity index (χ0) is 15.3. The van der Waals surface area contributed by atoms with Gasteiger partial charge in [0.2, 0.25) is 0 Å². The molecule has 1 aromatic rings. The Hall–Kier alpha value is -0.750. The molecule has 0 aromatic heterocycles. The van der Waals surface area contributed by atoms with Crippen molar-refractivity contribution in [1.29, 1.82) is 0 Å². The van der Waals surface area contributed by atoms with Crippen LogP contribution in [0.4, 0.5) is 13.2 Å². The minimum Gasteiger partial charge on any atom is -0.487 e. The summed E-state index contributed by atoms with van der Waals surface area (Å²) >= 11 is 3.38. The minimum atomic E-state index is -4.15. The van der Waals surface area contributed by atoms with Gasteiger partial charge in [-0.25, -0.2) is 0 Å². The van der Waals surface area contributed by atoms with Crippen molar-refractivity contribution >= 4 is 15.9 Å². The van der Waals surface area contributed by atoms with Crippen LogP contribution < -0.4 is 10.5 Å². The number of nitrogens with two attached hydrogens (primary N) is 1. The Bertz CT molecular complexity index is 548. The molecule has 0 bridgehead atoms. The summed E-state index contributed by atoms with van der Waals surface area (Å²) in [5.74, 6) is -0.657. The Morgan fingerprint density at radius 3 is 2.76 bits per heavy atom. The highest BCUT2D eigenvalue weighted by Gasteiger charge is 2.50. The SMILES string of the molecule is N[C@H]1CC2(CCCC(C(F)(F)F)C2)Oc2ccc(Br)cc21. The number of rotatable bonds is 0. The molecule has 3 atom stereocenters. The second-order valence-electron chi connectivity index (χ2n) is 6.11. The fraction of sp³-hybridized carbons (Fsp3) is 0.600. The van der Waals surface area contributed by atoms with Gasteiger partial charge in [0.05, 0.1) is 5.92 Å². The lowest BCUT2D eigenvalue weighted by Crippen LogP contribution is -2.48. The molecule has 3 rings (SSSR count). The van der Waals surface area contributed by atoms with E-state index in [1.54, 1.807) is 6.07 Å². The van der Waals surface area contributed by atoms with Gasteiger partial charge in [-0.3, -0.25) is 0 Å². The van der Waals surface area contributed by atoms with Crippen LogP contribution in [-0.4, -0.2) is 11.8 Å². The van der Waals surface area contributed by atoms with Crippen molar-refractivity contribution in [2.75, 3.05) is 0 Å². The lowest BCUT2D eigenvalue weighted by molar-refractivity contribution is -0.199. The molecule has 1 saturated carbocycles. The summed E-state index contributed by atoms with van der Waals surface area (Å²) in [5.41, 5.74) is 6.29. The summed E-state index contributed by atoms with van der Waals surface area (Å²) in [5, 5.41) is 0. The maximum atomic E-state index is 13.0. The van der Waals surface area contributed by atoms with E-state index in [9.17, 15) is 13.2 Å². The molecule has 2 N–H and O–H groups in total. The Morgan fingerprint density at radius 2 is 2.05 bits per heavy atom. The fourth-order valence-corrected chi connectivity index (χ4v) is 3.95. The van der Waals surface area contributed by atoms with Crippen LogP contribution in [0.5, 0.6) is 5.75 Å². The number of alkyl halides is 3. The van der Waals surface area contributed by atoms with Crippen LogP contribution in [0.25, 0.3) is 0 Å². The van der Waals surface area contributed by atoms with Crippen LogP contribution >= 0.6 is 15.9 Å². The van der Waals surface area contributed by atoms with E-state index in [1.807, 2.05) is 12.1 Å². The maximum Gasteiger partial charge on any atom is 0.391 e. The number of hydrogen-bond acceptors (Lipinski definition) is 2. The fourth-order valence-electron chi connectivity index (χ4n) is 3.57. The highest BCUT2D eigenvalue weighted by molar-refractivity contribution is 9.10. The van der Waals surface area contributed by atoms with Crippen molar-refractivity contribution in [1.82, 2.24) is 0 Å². The quantitative estimate of drug-likeness (QED) is 0.723. The van der Waals surface area contributed by atoms with E-state index in [0.717, 1.165) is 10.0 Å². The average molecular weight is 364 g/mol. The van der Waals surface area contributed by atoms with E-state index in [4.69, 9.17) is 10.5 Å². The molecule has 0 saturated heterocycles. The third-order valence-electron chi connectivity index (χ3n) is 4.56. The van der Waals surface area contributed by atoms with Gasteiger partial charge in [-0.2, -0.15) is 13.2 Å². The molecule has 2 nitrogen and oxygen atoms in total. The van der Waals surface area contributed by atoms with Gasteiger partial charge in [-0.1, -0.05) is 15.9 Å². The van der Waals surface area contributed by atoms with Gasteiger partial charge in [0, 0.05) is 22.5 Å². The molecule has 1 fully saturated rings. The van der Waals surface area contributed by atoms with Crippen molar-refractivity contribution in [2.45, 2.75) is 49.9 Å². The molecule has 6 heteroatoms. The van der Waals surface area contributed by atoms with Crippen LogP contribution in [0, 0.1) is 5.92 Å². The zero-order valence-electron chi connectivity index (χ0n) is 11.4. The predicted molar refractivity (Wildman–Crippen MR) is 77.1 cm³/mol. The first-order chi connectivity index (χ1) is 9.79. The van der Waals surface area contributed by atoms with E-state index in [1.165, 1.54) is 0 Å². The Morgan fingerprint density at radius 1 is 1.29 bits per heavy atom. The average Bonchev–Trinajstić information content (AvgIpc) is 2.39. The van der Waals surface area contributed by atoms with Crippen molar-refractivity contribution in [3.8, 4) is 5.75 Å². The topological polar surface area (TPSA) is 35.2 Å². The second-order valence-corrected chi connectivity index (χ2v) is 7.03. The molecule has 21 heavy (non-hydrogen) atoms. The minimum absolute atomic E-state index is 0.0136. The Balaban J connectivity index is 1.89. The van der Waals surface area contributed by atoms with Crippen molar-refractivity contribution < 1.29 is 17.9 Å². The molecule has 1 aliphatic carbocycles. The lowest BCUT2D eigenvalue weighted by Gasteiger charge is -2.46. The van der Waals surface area contributed by atoms with Crippen LogP contribution in [0.2, 0.25) is 0 Å². The lowest BCUT2D eigenvalue weighted by atomic mass is 9.72. The number of fused-ring (bicyclic) bond motifs is 1. The Kier molecular flexibility index (Phi) is 3.72. The maximum absolute atomic E-state index is 13.0. The normalized spacial score (nSPS) is 32.6. The number of benzene rings is 1. The first-order valence-electron chi connectivity index (χ1n) is 7.10. The van der Waals surface area contributed by atoms with Crippen LogP contribution in [0.15, 0.2) is 22.7 Å². The molecule has 0 radical (unpaired) electrons. The van der Waals surface area contributed by atoms with Crippen molar-refractivity contribution in [3.63, 3.8) is 0 Å². The van der Waals surface area contributed by atoms with Gasteiger partial charge in [-0.15, -0.1) is 0 Å². The third kappa shape index (κ3) is 2.93. The molecule has 2 unspecified atom stereocenters. The smallest absolute Gasteiger partial charge is 0.391 e. The molecule has 1 aliphatic heterocycles. The van der Waals surface area contributed by atoms with Gasteiger partial charge in [-0.05, 0) is 43.9 Å². The molecule has 2 aliphatic rings. The third-order valence-corrected chi connectivity index (χ3v) is 5.05. The van der Waals surface area contributed by atoms with Gasteiger partial charge < -0.3 is 10.5 Å². The Labute approximate surface area is 130 Å². The summed E-state index contributed by atoms with van der Waals surface area (Å²) in [6.07, 6.45) is -2.33. The highest BCUT2D eigenvalue weighted by atomic mass is 79.9. The number of hydrogen-bond donors (Lipinski definition) is 1. The summed E-state index contributed by atoms with van der Waals surface area (Å²) in [6.45, 7) is 0. The van der Waals surface area contributed by atoms with E-state index in [0.29, 0.717) is 25.0 Å². The molecule has 1 heterocycles. The molecule has 1 aromatic carbocycles. The summed E-state index contributed by atoms with van der Waals surface area (Å²) < 4.78 is 46.0. The number of ether oxygens (including phenoxy) is 1. The van der Waals surface area contributed by atoms with Crippen molar-refractivity contribution in [2.24, 2.45) is 11.7 Å². The molecular formula is C15H17BrF3NO. The van der Waals surface area contributed by atoms with E-state index in [-0.39, 0.29) is 18.9 Å². The largest absolute Gasteiger partial charge is 0.487 e. The monoisotopic (exact) mass is 363 g/mol. The van der Waals surface area contributed by atoms with Gasteiger partial charge in [0.25, 0.3) is 0 Å². The van der Waals surface area contributed by atoms with Gasteiger partial charge in [0.1, 0.15) is 11.4 Å². The van der Waals surface area contributed by atoms with Crippen LogP contribution in [0.1, 0.15) is 43.7 Å².